The third kappa shape index (κ3) is 4.37. The summed E-state index contributed by atoms with van der Waals surface area (Å²) in [5, 5.41) is 5.14. The van der Waals surface area contributed by atoms with Crippen LogP contribution in [0.3, 0.4) is 0 Å². The second-order valence-corrected chi connectivity index (χ2v) is 13.2. The Balaban J connectivity index is 1.44. The third-order valence-corrected chi connectivity index (χ3v) is 9.41. The molecule has 0 N–H and O–H groups in total. The van der Waals surface area contributed by atoms with E-state index in [9.17, 15) is 0 Å². The first-order valence-electron chi connectivity index (χ1n) is 15.7. The van der Waals surface area contributed by atoms with Gasteiger partial charge in [0.2, 0.25) is 0 Å². The SMILES string of the molecule is CC(C)c1cccc(C(C)C)c1N1[C](c2ccc(-c3c4ccccc4cc4ccccc34)cc2)c2ccccc2C1(C)C. The van der Waals surface area contributed by atoms with Gasteiger partial charge in [-0.3, -0.25) is 0 Å². The molecule has 0 amide bonds. The van der Waals surface area contributed by atoms with Gasteiger partial charge in [0.05, 0.1) is 5.54 Å². The van der Waals surface area contributed by atoms with Crippen LogP contribution in [-0.2, 0) is 5.54 Å². The molecular formula is C42H40N. The van der Waals surface area contributed by atoms with Crippen molar-refractivity contribution in [3.63, 3.8) is 0 Å². The van der Waals surface area contributed by atoms with Crippen molar-refractivity contribution in [2.45, 2.75) is 58.9 Å². The van der Waals surface area contributed by atoms with Gasteiger partial charge in [-0.15, -0.1) is 0 Å². The van der Waals surface area contributed by atoms with E-state index < -0.39 is 0 Å². The molecule has 1 aliphatic rings. The molecule has 0 fully saturated rings. The van der Waals surface area contributed by atoms with Crippen molar-refractivity contribution in [2.75, 3.05) is 4.90 Å². The van der Waals surface area contributed by atoms with Crippen molar-refractivity contribution < 1.29 is 0 Å². The van der Waals surface area contributed by atoms with Gasteiger partial charge < -0.3 is 4.90 Å². The number of rotatable bonds is 5. The van der Waals surface area contributed by atoms with Crippen LogP contribution in [0.15, 0.2) is 121 Å². The highest BCUT2D eigenvalue weighted by atomic mass is 15.3. The van der Waals surface area contributed by atoms with Crippen molar-refractivity contribution in [3.05, 3.63) is 155 Å². The maximum Gasteiger partial charge on any atom is 0.124 e. The van der Waals surface area contributed by atoms with E-state index in [1.807, 2.05) is 0 Å². The largest absolute Gasteiger partial charge is 0.345 e. The molecule has 6 aromatic rings. The van der Waals surface area contributed by atoms with Crippen LogP contribution in [-0.4, -0.2) is 0 Å². The zero-order valence-corrected chi connectivity index (χ0v) is 26.1. The molecule has 43 heavy (non-hydrogen) atoms. The van der Waals surface area contributed by atoms with Crippen molar-refractivity contribution in [1.29, 1.82) is 0 Å². The minimum absolute atomic E-state index is 0.203. The highest BCUT2D eigenvalue weighted by Crippen LogP contribution is 2.54. The number of benzene rings is 6. The second kappa shape index (κ2) is 10.4. The molecule has 0 bridgehead atoms. The zero-order valence-electron chi connectivity index (χ0n) is 26.1. The Morgan fingerprint density at radius 2 is 1.05 bits per heavy atom. The molecule has 0 saturated heterocycles. The highest BCUT2D eigenvalue weighted by molar-refractivity contribution is 6.12. The number of fused-ring (bicyclic) bond motifs is 3. The summed E-state index contributed by atoms with van der Waals surface area (Å²) >= 11 is 0. The Morgan fingerprint density at radius 3 is 1.63 bits per heavy atom. The van der Waals surface area contributed by atoms with Crippen LogP contribution in [0, 0.1) is 6.04 Å². The van der Waals surface area contributed by atoms with E-state index in [0.717, 1.165) is 0 Å². The molecule has 1 heteroatoms. The molecule has 7 rings (SSSR count). The molecule has 0 atom stereocenters. The molecule has 0 saturated carbocycles. The Hall–Kier alpha value is -4.36. The minimum Gasteiger partial charge on any atom is -0.345 e. The first kappa shape index (κ1) is 27.5. The minimum atomic E-state index is -0.203. The summed E-state index contributed by atoms with van der Waals surface area (Å²) in [5.41, 5.74) is 10.5. The molecule has 1 aliphatic heterocycles. The van der Waals surface area contributed by atoms with E-state index in [2.05, 4.69) is 168 Å². The Morgan fingerprint density at radius 1 is 0.535 bits per heavy atom. The van der Waals surface area contributed by atoms with Gasteiger partial charge in [0, 0.05) is 5.69 Å². The van der Waals surface area contributed by atoms with Crippen LogP contribution in [0.1, 0.15) is 81.2 Å². The predicted molar refractivity (Wildman–Crippen MR) is 185 cm³/mol. The molecular weight excluding hydrogens is 518 g/mol. The van der Waals surface area contributed by atoms with Gasteiger partial charge in [-0.05, 0) is 92.2 Å². The van der Waals surface area contributed by atoms with Gasteiger partial charge >= 0.3 is 0 Å². The van der Waals surface area contributed by atoms with Crippen LogP contribution < -0.4 is 4.90 Å². The van der Waals surface area contributed by atoms with E-state index in [1.54, 1.807) is 0 Å². The van der Waals surface area contributed by atoms with Gasteiger partial charge in [-0.1, -0.05) is 143 Å². The molecule has 6 aromatic carbocycles. The summed E-state index contributed by atoms with van der Waals surface area (Å²) in [5.74, 6) is 0.827. The first-order valence-corrected chi connectivity index (χ1v) is 15.7. The lowest BCUT2D eigenvalue weighted by molar-refractivity contribution is 0.529. The van der Waals surface area contributed by atoms with E-state index in [4.69, 9.17) is 0 Å². The van der Waals surface area contributed by atoms with Gasteiger partial charge in [0.15, 0.2) is 0 Å². The number of nitrogens with zero attached hydrogens (tertiary/aromatic N) is 1. The number of hydrogen-bond acceptors (Lipinski definition) is 1. The summed E-state index contributed by atoms with van der Waals surface area (Å²) in [4.78, 5) is 2.66. The number of para-hydroxylation sites is 1. The van der Waals surface area contributed by atoms with Crippen LogP contribution >= 0.6 is 0 Å². The first-order chi connectivity index (χ1) is 20.8. The van der Waals surface area contributed by atoms with Crippen molar-refractivity contribution in [3.8, 4) is 11.1 Å². The van der Waals surface area contributed by atoms with Crippen LogP contribution in [0.5, 0.6) is 0 Å². The molecule has 0 aromatic heterocycles. The number of anilines is 1. The fraction of sp³-hybridized carbons (Fsp3) is 0.214. The lowest BCUT2D eigenvalue weighted by atomic mass is 9.88. The standard InChI is InChI=1S/C42H40N/c1-27(2)33-19-13-20-34(28(3)4)41(33)43-40(37-18-11-12-21-38(37)42(43,5)6)30-24-22-29(23-25-30)39-35-16-9-7-14-31(35)26-32-15-8-10-17-36(32)39/h7-28H,1-6H3. The Labute approximate surface area is 256 Å². The van der Waals surface area contributed by atoms with Gasteiger partial charge in [-0.2, -0.15) is 0 Å². The topological polar surface area (TPSA) is 3.24 Å². The average molecular weight is 559 g/mol. The van der Waals surface area contributed by atoms with Crippen molar-refractivity contribution in [1.82, 2.24) is 0 Å². The van der Waals surface area contributed by atoms with Crippen LogP contribution in [0.2, 0.25) is 0 Å². The van der Waals surface area contributed by atoms with Gasteiger partial charge in [-0.25, -0.2) is 0 Å². The smallest absolute Gasteiger partial charge is 0.124 e. The normalized spacial score (nSPS) is 14.7. The summed E-state index contributed by atoms with van der Waals surface area (Å²) in [6.07, 6.45) is 0. The van der Waals surface area contributed by atoms with Crippen molar-refractivity contribution >= 4 is 27.2 Å². The monoisotopic (exact) mass is 558 g/mol. The predicted octanol–water partition coefficient (Wildman–Crippen LogP) is 11.6. The quantitative estimate of drug-likeness (QED) is 0.190. The van der Waals surface area contributed by atoms with Crippen LogP contribution in [0.4, 0.5) is 5.69 Å². The van der Waals surface area contributed by atoms with Gasteiger partial charge in [0.25, 0.3) is 0 Å². The summed E-state index contributed by atoms with van der Waals surface area (Å²) in [6, 6.07) is 46.4. The fourth-order valence-corrected chi connectivity index (χ4v) is 7.31. The van der Waals surface area contributed by atoms with E-state index in [-0.39, 0.29) is 5.54 Å². The maximum atomic E-state index is 2.66. The summed E-state index contributed by atoms with van der Waals surface area (Å²) in [6.45, 7) is 14.1. The Bertz CT molecular complexity index is 1880. The molecule has 1 heterocycles. The average Bonchev–Trinajstić information content (AvgIpc) is 3.25. The van der Waals surface area contributed by atoms with Crippen LogP contribution in [0.25, 0.3) is 32.7 Å². The molecule has 1 nitrogen and oxygen atoms in total. The summed E-state index contributed by atoms with van der Waals surface area (Å²) < 4.78 is 0. The molecule has 0 unspecified atom stereocenters. The van der Waals surface area contributed by atoms with E-state index >= 15 is 0 Å². The lowest BCUT2D eigenvalue weighted by Gasteiger charge is -2.41. The summed E-state index contributed by atoms with van der Waals surface area (Å²) in [7, 11) is 0. The third-order valence-electron chi connectivity index (χ3n) is 9.41. The van der Waals surface area contributed by atoms with Gasteiger partial charge in [0.1, 0.15) is 6.04 Å². The molecule has 1 radical (unpaired) electrons. The molecule has 0 aliphatic carbocycles. The lowest BCUT2D eigenvalue weighted by Crippen LogP contribution is -2.40. The van der Waals surface area contributed by atoms with E-state index in [1.165, 1.54) is 72.2 Å². The highest BCUT2D eigenvalue weighted by Gasteiger charge is 2.47. The molecule has 0 spiro atoms. The zero-order chi connectivity index (χ0) is 29.9. The Kier molecular flexibility index (Phi) is 6.66. The molecule has 213 valence electrons. The van der Waals surface area contributed by atoms with Crippen molar-refractivity contribution in [2.24, 2.45) is 0 Å². The number of hydrogen-bond donors (Lipinski definition) is 0. The maximum absolute atomic E-state index is 2.66. The van der Waals surface area contributed by atoms with E-state index in [0.29, 0.717) is 11.8 Å². The fourth-order valence-electron chi connectivity index (χ4n) is 7.31. The second-order valence-electron chi connectivity index (χ2n) is 13.2.